The molecule has 12 heavy (non-hydrogen) atoms. The van der Waals surface area contributed by atoms with Crippen molar-refractivity contribution in [3.63, 3.8) is 0 Å². The quantitative estimate of drug-likeness (QED) is 0.386. The maximum atomic E-state index is 4.93. The van der Waals surface area contributed by atoms with Crippen LogP contribution in [0.2, 0.25) is 0 Å². The predicted octanol–water partition coefficient (Wildman–Crippen LogP) is 0.448. The van der Waals surface area contributed by atoms with E-state index < -0.39 is 0 Å². The SMILES string of the molecule is CC=CNN1NC(=S)C=C(S)N1. The Morgan fingerprint density at radius 1 is 1.67 bits per heavy atom. The van der Waals surface area contributed by atoms with Crippen LogP contribution < -0.4 is 16.3 Å². The number of nitrogens with one attached hydrogen (secondary N) is 3. The van der Waals surface area contributed by atoms with Gasteiger partial charge in [0.1, 0.15) is 4.99 Å². The van der Waals surface area contributed by atoms with Crippen molar-refractivity contribution in [1.29, 1.82) is 0 Å². The van der Waals surface area contributed by atoms with Gasteiger partial charge in [-0.1, -0.05) is 18.3 Å². The Hall–Kier alpha value is -0.720. The fourth-order valence-electron chi connectivity index (χ4n) is 0.655. The number of thiol groups is 1. The van der Waals surface area contributed by atoms with Gasteiger partial charge in [0.05, 0.1) is 5.03 Å². The summed E-state index contributed by atoms with van der Waals surface area (Å²) in [5, 5.41) is 2.21. The zero-order valence-corrected chi connectivity index (χ0v) is 8.25. The molecule has 0 aromatic carbocycles. The van der Waals surface area contributed by atoms with E-state index in [-0.39, 0.29) is 0 Å². The van der Waals surface area contributed by atoms with Gasteiger partial charge in [0.25, 0.3) is 0 Å². The molecular weight excluding hydrogens is 192 g/mol. The van der Waals surface area contributed by atoms with Gasteiger partial charge >= 0.3 is 0 Å². The number of hydrogen-bond acceptors (Lipinski definition) is 5. The van der Waals surface area contributed by atoms with Crippen molar-refractivity contribution in [1.82, 2.24) is 21.5 Å². The van der Waals surface area contributed by atoms with Gasteiger partial charge < -0.3 is 0 Å². The Labute approximate surface area is 82.0 Å². The van der Waals surface area contributed by atoms with Crippen LogP contribution in [0.4, 0.5) is 0 Å². The second kappa shape index (κ2) is 4.34. The van der Waals surface area contributed by atoms with Crippen LogP contribution >= 0.6 is 24.8 Å². The summed E-state index contributed by atoms with van der Waals surface area (Å²) in [6, 6.07) is 0. The molecule has 0 bridgehead atoms. The summed E-state index contributed by atoms with van der Waals surface area (Å²) in [5.41, 5.74) is 8.61. The average Bonchev–Trinajstić information content (AvgIpc) is 1.99. The highest BCUT2D eigenvalue weighted by Gasteiger charge is 2.08. The van der Waals surface area contributed by atoms with Crippen LogP contribution in [0, 0.1) is 0 Å². The maximum absolute atomic E-state index is 4.93. The summed E-state index contributed by atoms with van der Waals surface area (Å²) in [4.78, 5) is 0.607. The minimum atomic E-state index is 0.607. The van der Waals surface area contributed by atoms with Crippen molar-refractivity contribution >= 4 is 29.8 Å². The number of nitrogens with zero attached hydrogens (tertiary/aromatic N) is 1. The molecule has 0 unspecified atom stereocenters. The second-order valence-corrected chi connectivity index (χ2v) is 3.00. The van der Waals surface area contributed by atoms with Gasteiger partial charge in [-0.2, -0.15) is 0 Å². The largest absolute Gasteiger partial charge is 0.291 e. The highest BCUT2D eigenvalue weighted by atomic mass is 32.1. The molecule has 1 aliphatic heterocycles. The molecule has 1 aliphatic rings. The number of hydrazine groups is 3. The van der Waals surface area contributed by atoms with E-state index in [9.17, 15) is 0 Å². The predicted molar refractivity (Wildman–Crippen MR) is 55.7 cm³/mol. The molecule has 0 saturated carbocycles. The standard InChI is InChI=1S/C6H10N4S2/c1-2-3-7-10-8-5(11)4-6(12)9-10/h2-4,7-8,11H,1H3,(H,9,12). The zero-order chi connectivity index (χ0) is 8.97. The smallest absolute Gasteiger partial charge is 0.119 e. The minimum Gasteiger partial charge on any atom is -0.291 e. The van der Waals surface area contributed by atoms with Crippen LogP contribution in [0.1, 0.15) is 6.92 Å². The Morgan fingerprint density at radius 2 is 2.42 bits per heavy atom. The second-order valence-electron chi connectivity index (χ2n) is 2.08. The summed E-state index contributed by atoms with van der Waals surface area (Å²) in [6.45, 7) is 1.91. The normalized spacial score (nSPS) is 18.5. The average molecular weight is 202 g/mol. The molecule has 0 aromatic rings. The first-order valence-electron chi connectivity index (χ1n) is 3.38. The molecule has 1 rings (SSSR count). The van der Waals surface area contributed by atoms with Crippen LogP contribution in [0.3, 0.4) is 0 Å². The Balaban J connectivity index is 2.49. The lowest BCUT2D eigenvalue weighted by Gasteiger charge is -2.27. The minimum absolute atomic E-state index is 0.607. The number of hydrogen-bond donors (Lipinski definition) is 4. The molecule has 1 heterocycles. The van der Waals surface area contributed by atoms with E-state index >= 15 is 0 Å². The zero-order valence-electron chi connectivity index (χ0n) is 6.53. The summed E-state index contributed by atoms with van der Waals surface area (Å²) in [5.74, 6) is 0. The van der Waals surface area contributed by atoms with Gasteiger partial charge in [-0.15, -0.1) is 12.6 Å². The summed E-state index contributed by atoms with van der Waals surface area (Å²) < 4.78 is 0. The van der Waals surface area contributed by atoms with E-state index in [0.717, 1.165) is 0 Å². The molecule has 66 valence electrons. The van der Waals surface area contributed by atoms with Crippen LogP contribution in [0.5, 0.6) is 0 Å². The van der Waals surface area contributed by atoms with E-state index in [0.29, 0.717) is 10.0 Å². The highest BCUT2D eigenvalue weighted by Crippen LogP contribution is 1.99. The van der Waals surface area contributed by atoms with Gasteiger partial charge in [0.15, 0.2) is 0 Å². The van der Waals surface area contributed by atoms with Crippen molar-refractivity contribution in [2.45, 2.75) is 6.92 Å². The summed E-state index contributed by atoms with van der Waals surface area (Å²) in [7, 11) is 0. The van der Waals surface area contributed by atoms with Crippen LogP contribution in [0.25, 0.3) is 0 Å². The molecule has 0 atom stereocenters. The van der Waals surface area contributed by atoms with Gasteiger partial charge in [-0.3, -0.25) is 16.3 Å². The Bertz CT molecular complexity index is 236. The van der Waals surface area contributed by atoms with Gasteiger partial charge in [0.2, 0.25) is 0 Å². The first kappa shape index (κ1) is 9.37. The lowest BCUT2D eigenvalue weighted by molar-refractivity contribution is 0.127. The number of thiocarbonyl (C=S) groups is 1. The van der Waals surface area contributed by atoms with E-state index in [1.807, 2.05) is 13.0 Å². The summed E-state index contributed by atoms with van der Waals surface area (Å²) in [6.07, 6.45) is 5.34. The highest BCUT2D eigenvalue weighted by molar-refractivity contribution is 7.84. The van der Waals surface area contributed by atoms with Gasteiger partial charge in [-0.05, 0) is 12.2 Å². The number of allylic oxidation sites excluding steroid dienone is 1. The topological polar surface area (TPSA) is 39.3 Å². The third-order valence-corrected chi connectivity index (χ3v) is 1.52. The lowest BCUT2D eigenvalue weighted by atomic mass is 10.6. The molecule has 6 heteroatoms. The third-order valence-electron chi connectivity index (χ3n) is 1.09. The van der Waals surface area contributed by atoms with E-state index in [1.54, 1.807) is 12.3 Å². The van der Waals surface area contributed by atoms with Gasteiger partial charge in [0, 0.05) is 12.3 Å². The van der Waals surface area contributed by atoms with Crippen LogP contribution in [0.15, 0.2) is 23.4 Å². The van der Waals surface area contributed by atoms with Crippen LogP contribution in [-0.4, -0.2) is 10.2 Å². The fourth-order valence-corrected chi connectivity index (χ4v) is 1.18. The van der Waals surface area contributed by atoms with E-state index in [4.69, 9.17) is 12.2 Å². The Morgan fingerprint density at radius 3 is 3.00 bits per heavy atom. The first-order valence-corrected chi connectivity index (χ1v) is 4.23. The maximum Gasteiger partial charge on any atom is 0.119 e. The van der Waals surface area contributed by atoms with Crippen molar-refractivity contribution in [2.75, 3.05) is 0 Å². The third kappa shape index (κ3) is 2.72. The van der Waals surface area contributed by atoms with Crippen molar-refractivity contribution in [2.24, 2.45) is 0 Å². The molecule has 0 aliphatic carbocycles. The molecule has 3 N–H and O–H groups in total. The molecule has 4 nitrogen and oxygen atoms in total. The molecule has 0 radical (unpaired) electrons. The Kier molecular flexibility index (Phi) is 3.39. The van der Waals surface area contributed by atoms with Crippen molar-refractivity contribution < 1.29 is 0 Å². The van der Waals surface area contributed by atoms with Gasteiger partial charge in [-0.25, -0.2) is 0 Å². The molecule has 0 amide bonds. The van der Waals surface area contributed by atoms with Crippen molar-refractivity contribution in [3.05, 3.63) is 23.4 Å². The fraction of sp³-hybridized carbons (Fsp3) is 0.167. The number of rotatable bonds is 2. The molecule has 0 saturated heterocycles. The molecule has 0 aromatic heterocycles. The molecule has 0 fully saturated rings. The van der Waals surface area contributed by atoms with Crippen LogP contribution in [-0.2, 0) is 0 Å². The van der Waals surface area contributed by atoms with Crippen molar-refractivity contribution in [3.8, 4) is 0 Å². The first-order chi connectivity index (χ1) is 5.72. The van der Waals surface area contributed by atoms with E-state index in [1.165, 1.54) is 5.23 Å². The molecular formula is C6H10N4S2. The molecule has 0 spiro atoms. The summed E-state index contributed by atoms with van der Waals surface area (Å²) >= 11 is 9.05. The lowest BCUT2D eigenvalue weighted by Crippen LogP contribution is -2.57. The van der Waals surface area contributed by atoms with E-state index in [2.05, 4.69) is 28.9 Å². The monoisotopic (exact) mass is 202 g/mol.